The molecule has 0 aliphatic carbocycles. The van der Waals surface area contributed by atoms with Crippen molar-refractivity contribution >= 4 is 17.7 Å². The predicted octanol–water partition coefficient (Wildman–Crippen LogP) is 5.86. The lowest BCUT2D eigenvalue weighted by Gasteiger charge is -2.15. The van der Waals surface area contributed by atoms with Crippen molar-refractivity contribution in [2.75, 3.05) is 13.2 Å². The first-order valence-electron chi connectivity index (χ1n) is 10.4. The minimum atomic E-state index is -2.91. The maximum atomic E-state index is 13.4. The second kappa shape index (κ2) is 9.39. The predicted molar refractivity (Wildman–Crippen MR) is 122 cm³/mol. The summed E-state index contributed by atoms with van der Waals surface area (Å²) in [5.41, 5.74) is 4.28. The first-order valence-corrected chi connectivity index (χ1v) is 11.4. The first-order chi connectivity index (χ1) is 15.7. The van der Waals surface area contributed by atoms with E-state index in [1.165, 1.54) is 12.3 Å². The van der Waals surface area contributed by atoms with Crippen LogP contribution in [0.15, 0.2) is 53.6 Å². The quantitative estimate of drug-likeness (QED) is 0.415. The Morgan fingerprint density at radius 3 is 2.64 bits per heavy atom. The van der Waals surface area contributed by atoms with Crippen molar-refractivity contribution in [2.45, 2.75) is 36.8 Å². The van der Waals surface area contributed by atoms with E-state index in [0.717, 1.165) is 39.8 Å². The van der Waals surface area contributed by atoms with E-state index in [-0.39, 0.29) is 12.2 Å². The number of carboxylic acids is 1. The molecule has 1 aliphatic heterocycles. The summed E-state index contributed by atoms with van der Waals surface area (Å²) in [6.45, 7) is 2.92. The van der Waals surface area contributed by atoms with Crippen LogP contribution in [0.1, 0.15) is 29.2 Å². The number of thioether (sulfide) groups is 1. The second-order valence-electron chi connectivity index (χ2n) is 7.92. The van der Waals surface area contributed by atoms with E-state index in [1.807, 2.05) is 37.3 Å². The van der Waals surface area contributed by atoms with Gasteiger partial charge in [-0.2, -0.15) is 0 Å². The minimum absolute atomic E-state index is 0.108. The summed E-state index contributed by atoms with van der Waals surface area (Å²) in [4.78, 5) is 16.0. The van der Waals surface area contributed by atoms with Crippen molar-refractivity contribution in [1.29, 1.82) is 0 Å². The fourth-order valence-electron chi connectivity index (χ4n) is 3.66. The monoisotopic (exact) mass is 471 g/mol. The zero-order valence-corrected chi connectivity index (χ0v) is 19.0. The van der Waals surface area contributed by atoms with Crippen LogP contribution in [0.4, 0.5) is 8.78 Å². The maximum absolute atomic E-state index is 13.4. The zero-order chi connectivity index (χ0) is 23.6. The van der Waals surface area contributed by atoms with Gasteiger partial charge in [-0.1, -0.05) is 24.3 Å². The fourth-order valence-corrected chi connectivity index (χ4v) is 4.75. The highest BCUT2D eigenvalue weighted by Crippen LogP contribution is 2.44. The maximum Gasteiger partial charge on any atom is 0.341 e. The number of carbonyl (C=O) groups is 1. The molecular weight excluding hydrogens is 448 g/mol. The van der Waals surface area contributed by atoms with Crippen molar-refractivity contribution in [1.82, 2.24) is 4.98 Å². The van der Waals surface area contributed by atoms with Crippen LogP contribution in [0, 0.1) is 6.92 Å². The molecule has 0 saturated heterocycles. The Bertz CT molecular complexity index is 1160. The number of fused-ring (bicyclic) bond motifs is 1. The molecule has 5 nitrogen and oxygen atoms in total. The SMILES string of the molecule is Cc1cc(SCc2ccc(-c3ccc(C(C)(F)F)cn3)cc2)c2c(c1OCC(=O)O)CCO2. The molecule has 1 aliphatic rings. The van der Waals surface area contributed by atoms with Crippen molar-refractivity contribution in [2.24, 2.45) is 0 Å². The molecule has 3 aromatic rings. The number of alkyl halides is 2. The van der Waals surface area contributed by atoms with Crippen LogP contribution in [0.5, 0.6) is 11.5 Å². The molecule has 4 rings (SSSR count). The third kappa shape index (κ3) is 5.27. The lowest BCUT2D eigenvalue weighted by molar-refractivity contribution is -0.139. The fraction of sp³-hybridized carbons (Fsp3) is 0.280. The number of hydrogen-bond acceptors (Lipinski definition) is 5. The van der Waals surface area contributed by atoms with Crippen LogP contribution in [0.25, 0.3) is 11.3 Å². The summed E-state index contributed by atoms with van der Waals surface area (Å²) in [5.74, 6) is -1.86. The van der Waals surface area contributed by atoms with Crippen LogP contribution >= 0.6 is 11.8 Å². The average molecular weight is 472 g/mol. The summed E-state index contributed by atoms with van der Waals surface area (Å²) >= 11 is 1.64. The Labute approximate surface area is 194 Å². The van der Waals surface area contributed by atoms with Gasteiger partial charge in [0.25, 0.3) is 5.92 Å². The largest absolute Gasteiger partial charge is 0.492 e. The number of aryl methyl sites for hydroxylation is 1. The number of ether oxygens (including phenoxy) is 2. The first kappa shape index (κ1) is 23.0. The lowest BCUT2D eigenvalue weighted by atomic mass is 10.1. The molecule has 0 amide bonds. The number of benzene rings is 2. The van der Waals surface area contributed by atoms with Crippen molar-refractivity contribution in [3.63, 3.8) is 0 Å². The summed E-state index contributed by atoms with van der Waals surface area (Å²) in [6.07, 6.45) is 1.90. The molecule has 172 valence electrons. The molecule has 33 heavy (non-hydrogen) atoms. The van der Waals surface area contributed by atoms with Crippen molar-refractivity contribution in [3.8, 4) is 22.8 Å². The average Bonchev–Trinajstić information content (AvgIpc) is 3.27. The van der Waals surface area contributed by atoms with E-state index in [1.54, 1.807) is 17.8 Å². The van der Waals surface area contributed by atoms with Gasteiger partial charge in [0.2, 0.25) is 0 Å². The van der Waals surface area contributed by atoms with E-state index < -0.39 is 11.9 Å². The molecule has 0 fully saturated rings. The summed E-state index contributed by atoms with van der Waals surface area (Å²) in [5, 5.41) is 8.92. The lowest BCUT2D eigenvalue weighted by Crippen LogP contribution is -2.11. The van der Waals surface area contributed by atoms with Crippen LogP contribution in [-0.2, 0) is 22.9 Å². The zero-order valence-electron chi connectivity index (χ0n) is 18.2. The summed E-state index contributed by atoms with van der Waals surface area (Å²) in [7, 11) is 0. The molecule has 0 radical (unpaired) electrons. The molecule has 1 N–H and O–H groups in total. The van der Waals surface area contributed by atoms with Gasteiger partial charge in [0.1, 0.15) is 11.5 Å². The number of aromatic nitrogens is 1. The molecule has 2 aromatic carbocycles. The van der Waals surface area contributed by atoms with Crippen LogP contribution in [0.3, 0.4) is 0 Å². The highest BCUT2D eigenvalue weighted by atomic mass is 32.2. The van der Waals surface area contributed by atoms with Gasteiger partial charge in [-0.05, 0) is 36.2 Å². The molecule has 8 heteroatoms. The molecule has 2 heterocycles. The van der Waals surface area contributed by atoms with Crippen molar-refractivity contribution < 1.29 is 28.2 Å². The van der Waals surface area contributed by atoms with Crippen LogP contribution in [0.2, 0.25) is 0 Å². The van der Waals surface area contributed by atoms with Gasteiger partial charge in [0.15, 0.2) is 6.61 Å². The number of hydrogen-bond donors (Lipinski definition) is 1. The van der Waals surface area contributed by atoms with Gasteiger partial charge in [-0.15, -0.1) is 11.8 Å². The highest BCUT2D eigenvalue weighted by Gasteiger charge is 2.25. The third-order valence-electron chi connectivity index (χ3n) is 5.33. The highest BCUT2D eigenvalue weighted by molar-refractivity contribution is 7.98. The van der Waals surface area contributed by atoms with E-state index in [0.29, 0.717) is 30.2 Å². The topological polar surface area (TPSA) is 68.7 Å². The van der Waals surface area contributed by atoms with Gasteiger partial charge in [0.05, 0.1) is 17.2 Å². The Kier molecular flexibility index (Phi) is 6.56. The Morgan fingerprint density at radius 2 is 2.00 bits per heavy atom. The van der Waals surface area contributed by atoms with E-state index >= 15 is 0 Å². The summed E-state index contributed by atoms with van der Waals surface area (Å²) in [6, 6.07) is 12.8. The van der Waals surface area contributed by atoms with Gasteiger partial charge in [-0.3, -0.25) is 4.98 Å². The Balaban J connectivity index is 1.46. The number of aliphatic carboxylic acids is 1. The number of rotatable bonds is 8. The number of halogens is 2. The molecular formula is C25H23F2NO4S. The number of carboxylic acid groups (broad SMARTS) is 1. The Morgan fingerprint density at radius 1 is 1.24 bits per heavy atom. The summed E-state index contributed by atoms with van der Waals surface area (Å²) < 4.78 is 38.1. The van der Waals surface area contributed by atoms with E-state index in [2.05, 4.69) is 4.98 Å². The van der Waals surface area contributed by atoms with E-state index in [4.69, 9.17) is 14.6 Å². The van der Waals surface area contributed by atoms with Gasteiger partial charge in [-0.25, -0.2) is 13.6 Å². The standard InChI is InChI=1S/C25H23F2NO4S/c1-15-11-21(24-19(9-10-31-24)23(15)32-13-22(29)30)33-14-16-3-5-17(6-4-16)20-8-7-18(12-28-20)25(2,26)27/h3-8,11-12H,9-10,13-14H2,1-2H3,(H,29,30). The van der Waals surface area contributed by atoms with Crippen molar-refractivity contribution in [3.05, 3.63) is 70.9 Å². The van der Waals surface area contributed by atoms with Crippen LogP contribution < -0.4 is 9.47 Å². The Hall–Kier alpha value is -3.13. The second-order valence-corrected chi connectivity index (χ2v) is 8.93. The molecule has 0 unspecified atom stereocenters. The smallest absolute Gasteiger partial charge is 0.341 e. The molecule has 0 bridgehead atoms. The normalized spacial score (nSPS) is 12.8. The van der Waals surface area contributed by atoms with Crippen LogP contribution in [-0.4, -0.2) is 29.3 Å². The minimum Gasteiger partial charge on any atom is -0.492 e. The molecule has 0 spiro atoms. The third-order valence-corrected chi connectivity index (χ3v) is 6.42. The molecule has 0 atom stereocenters. The van der Waals surface area contributed by atoms with Gasteiger partial charge < -0.3 is 14.6 Å². The number of pyridine rings is 1. The number of nitrogens with zero attached hydrogens (tertiary/aromatic N) is 1. The molecule has 1 aromatic heterocycles. The molecule has 0 saturated carbocycles. The van der Waals surface area contributed by atoms with Gasteiger partial charge in [0, 0.05) is 42.0 Å². The van der Waals surface area contributed by atoms with E-state index in [9.17, 15) is 13.6 Å². The van der Waals surface area contributed by atoms with Gasteiger partial charge >= 0.3 is 5.97 Å².